The molecule has 2 atom stereocenters. The SMILES string of the molecule is O=C(CC1CSc2nc3c(c(=O)n21)CCC3)N1CCCCC(c2ccccc2)C1. The average molecular weight is 410 g/mol. The molecule has 1 aliphatic carbocycles. The van der Waals surface area contributed by atoms with Crippen molar-refractivity contribution in [2.75, 3.05) is 18.8 Å². The summed E-state index contributed by atoms with van der Waals surface area (Å²) in [5.74, 6) is 1.35. The van der Waals surface area contributed by atoms with Crippen LogP contribution in [-0.4, -0.2) is 39.2 Å². The number of aromatic nitrogens is 2. The second-order valence-electron chi connectivity index (χ2n) is 8.46. The molecular weight excluding hydrogens is 382 g/mol. The van der Waals surface area contributed by atoms with Crippen LogP contribution in [0.2, 0.25) is 0 Å². The molecule has 0 bridgehead atoms. The average Bonchev–Trinajstić information content (AvgIpc) is 3.29. The van der Waals surface area contributed by atoms with Gasteiger partial charge in [-0.15, -0.1) is 0 Å². The van der Waals surface area contributed by atoms with Crippen LogP contribution in [0.15, 0.2) is 40.3 Å². The lowest BCUT2D eigenvalue weighted by molar-refractivity contribution is -0.132. The summed E-state index contributed by atoms with van der Waals surface area (Å²) in [6.07, 6.45) is 6.51. The molecule has 2 unspecified atom stereocenters. The number of rotatable bonds is 3. The topological polar surface area (TPSA) is 55.2 Å². The summed E-state index contributed by atoms with van der Waals surface area (Å²) in [7, 11) is 0. The molecule has 5 rings (SSSR count). The van der Waals surface area contributed by atoms with Crippen molar-refractivity contribution in [1.29, 1.82) is 0 Å². The Bertz CT molecular complexity index is 972. The first kappa shape index (κ1) is 18.9. The molecule has 3 aliphatic rings. The van der Waals surface area contributed by atoms with Crippen molar-refractivity contribution in [3.05, 3.63) is 57.5 Å². The highest BCUT2D eigenvalue weighted by molar-refractivity contribution is 7.99. The largest absolute Gasteiger partial charge is 0.342 e. The highest BCUT2D eigenvalue weighted by atomic mass is 32.2. The zero-order valence-corrected chi connectivity index (χ0v) is 17.5. The van der Waals surface area contributed by atoms with Crippen LogP contribution >= 0.6 is 11.8 Å². The monoisotopic (exact) mass is 409 g/mol. The van der Waals surface area contributed by atoms with Crippen molar-refractivity contribution >= 4 is 17.7 Å². The summed E-state index contributed by atoms with van der Waals surface area (Å²) >= 11 is 1.63. The van der Waals surface area contributed by atoms with Crippen LogP contribution in [0, 0.1) is 0 Å². The summed E-state index contributed by atoms with van der Waals surface area (Å²) < 4.78 is 1.82. The van der Waals surface area contributed by atoms with Gasteiger partial charge in [-0.3, -0.25) is 14.2 Å². The molecule has 0 spiro atoms. The minimum absolute atomic E-state index is 0.0631. The molecule has 1 amide bonds. The molecule has 2 aromatic rings. The number of aryl methyl sites for hydroxylation is 1. The van der Waals surface area contributed by atoms with Gasteiger partial charge in [0.1, 0.15) is 0 Å². The van der Waals surface area contributed by atoms with E-state index in [9.17, 15) is 9.59 Å². The first-order valence-electron chi connectivity index (χ1n) is 10.8. The van der Waals surface area contributed by atoms with E-state index < -0.39 is 0 Å². The van der Waals surface area contributed by atoms with Crippen LogP contribution in [0.1, 0.15) is 60.9 Å². The molecular formula is C23H27N3O2S. The van der Waals surface area contributed by atoms with Crippen molar-refractivity contribution in [2.45, 2.75) is 62.1 Å². The minimum atomic E-state index is -0.0631. The summed E-state index contributed by atoms with van der Waals surface area (Å²) in [5, 5.41) is 0.812. The zero-order chi connectivity index (χ0) is 19.8. The smallest absolute Gasteiger partial charge is 0.257 e. The van der Waals surface area contributed by atoms with Gasteiger partial charge in [-0.25, -0.2) is 4.98 Å². The molecule has 1 aromatic heterocycles. The Balaban J connectivity index is 1.33. The minimum Gasteiger partial charge on any atom is -0.342 e. The Kier molecular flexibility index (Phi) is 5.20. The summed E-state index contributed by atoms with van der Waals surface area (Å²) in [6.45, 7) is 1.61. The van der Waals surface area contributed by atoms with Gasteiger partial charge in [-0.2, -0.15) is 0 Å². The maximum absolute atomic E-state index is 13.2. The van der Waals surface area contributed by atoms with E-state index >= 15 is 0 Å². The molecule has 152 valence electrons. The van der Waals surface area contributed by atoms with Gasteiger partial charge in [-0.1, -0.05) is 48.5 Å². The van der Waals surface area contributed by atoms with Gasteiger partial charge in [0.2, 0.25) is 5.91 Å². The Morgan fingerprint density at radius 3 is 2.86 bits per heavy atom. The number of hydrogen-bond acceptors (Lipinski definition) is 4. The van der Waals surface area contributed by atoms with Gasteiger partial charge < -0.3 is 4.90 Å². The van der Waals surface area contributed by atoms with Gasteiger partial charge in [0.25, 0.3) is 5.56 Å². The van der Waals surface area contributed by atoms with Crippen LogP contribution in [-0.2, 0) is 17.6 Å². The first-order chi connectivity index (χ1) is 14.2. The van der Waals surface area contributed by atoms with Crippen molar-refractivity contribution in [2.24, 2.45) is 0 Å². The van der Waals surface area contributed by atoms with E-state index in [2.05, 4.69) is 24.3 Å². The van der Waals surface area contributed by atoms with Gasteiger partial charge in [0, 0.05) is 36.7 Å². The van der Waals surface area contributed by atoms with Crippen LogP contribution in [0.3, 0.4) is 0 Å². The van der Waals surface area contributed by atoms with Gasteiger partial charge in [0.05, 0.1) is 11.7 Å². The summed E-state index contributed by atoms with van der Waals surface area (Å²) in [4.78, 5) is 33.0. The number of benzene rings is 1. The molecule has 1 fully saturated rings. The lowest BCUT2D eigenvalue weighted by atomic mass is 9.94. The number of carbonyl (C=O) groups is 1. The maximum Gasteiger partial charge on any atom is 0.257 e. The van der Waals surface area contributed by atoms with Crippen LogP contribution < -0.4 is 5.56 Å². The van der Waals surface area contributed by atoms with Crippen molar-refractivity contribution in [3.8, 4) is 0 Å². The fraction of sp³-hybridized carbons (Fsp3) is 0.522. The number of carbonyl (C=O) groups excluding carboxylic acids is 1. The molecule has 1 aromatic carbocycles. The quantitative estimate of drug-likeness (QED) is 0.728. The highest BCUT2D eigenvalue weighted by Gasteiger charge is 2.33. The number of fused-ring (bicyclic) bond motifs is 2. The third-order valence-electron chi connectivity index (χ3n) is 6.58. The predicted molar refractivity (Wildman–Crippen MR) is 115 cm³/mol. The molecule has 3 heterocycles. The van der Waals surface area contributed by atoms with Gasteiger partial charge in [0.15, 0.2) is 5.16 Å². The molecule has 2 aliphatic heterocycles. The Hall–Kier alpha value is -2.08. The lowest BCUT2D eigenvalue weighted by Gasteiger charge is -2.26. The predicted octanol–water partition coefficient (Wildman–Crippen LogP) is 3.57. The zero-order valence-electron chi connectivity index (χ0n) is 16.7. The summed E-state index contributed by atoms with van der Waals surface area (Å²) in [6, 6.07) is 10.5. The molecule has 0 N–H and O–H groups in total. The van der Waals surface area contributed by atoms with E-state index in [1.165, 1.54) is 5.56 Å². The Morgan fingerprint density at radius 2 is 2.00 bits per heavy atom. The number of hydrogen-bond donors (Lipinski definition) is 0. The fourth-order valence-electron chi connectivity index (χ4n) is 5.00. The van der Waals surface area contributed by atoms with E-state index in [0.717, 1.165) is 73.8 Å². The molecule has 29 heavy (non-hydrogen) atoms. The van der Waals surface area contributed by atoms with E-state index in [1.807, 2.05) is 15.5 Å². The third-order valence-corrected chi connectivity index (χ3v) is 7.68. The van der Waals surface area contributed by atoms with E-state index in [1.54, 1.807) is 11.8 Å². The van der Waals surface area contributed by atoms with E-state index in [4.69, 9.17) is 4.98 Å². The normalized spacial score (nSPS) is 23.5. The number of thioether (sulfide) groups is 1. The van der Waals surface area contributed by atoms with Gasteiger partial charge in [-0.05, 0) is 37.7 Å². The number of likely N-dealkylation sites (tertiary alicyclic amines) is 1. The maximum atomic E-state index is 13.2. The number of amides is 1. The van der Waals surface area contributed by atoms with Crippen LogP contribution in [0.4, 0.5) is 0 Å². The van der Waals surface area contributed by atoms with Crippen LogP contribution in [0.25, 0.3) is 0 Å². The third kappa shape index (κ3) is 3.63. The molecule has 0 saturated carbocycles. The first-order valence-corrected chi connectivity index (χ1v) is 11.8. The van der Waals surface area contributed by atoms with E-state index in [0.29, 0.717) is 12.3 Å². The van der Waals surface area contributed by atoms with Crippen molar-refractivity contribution in [3.63, 3.8) is 0 Å². The fourth-order valence-corrected chi connectivity index (χ4v) is 6.15. The highest BCUT2D eigenvalue weighted by Crippen LogP contribution is 2.35. The second-order valence-corrected chi connectivity index (χ2v) is 9.45. The molecule has 0 radical (unpaired) electrons. The van der Waals surface area contributed by atoms with Gasteiger partial charge >= 0.3 is 0 Å². The molecule has 6 heteroatoms. The van der Waals surface area contributed by atoms with Crippen LogP contribution in [0.5, 0.6) is 0 Å². The van der Waals surface area contributed by atoms with Crippen molar-refractivity contribution in [1.82, 2.24) is 14.5 Å². The Morgan fingerprint density at radius 1 is 1.14 bits per heavy atom. The standard InChI is InChI=1S/C23H27N3O2S/c27-21(25-12-5-4-9-17(14-25)16-7-2-1-3-8-16)13-18-15-29-23-24-20-11-6-10-19(20)22(28)26(18)23/h1-3,7-8,17-18H,4-6,9-15H2. The van der Waals surface area contributed by atoms with Crippen molar-refractivity contribution < 1.29 is 4.79 Å². The second kappa shape index (κ2) is 7.98. The molecule has 1 saturated heterocycles. The molecule has 5 nitrogen and oxygen atoms in total. The summed E-state index contributed by atoms with van der Waals surface area (Å²) in [5.41, 5.74) is 3.29. The van der Waals surface area contributed by atoms with E-state index in [-0.39, 0.29) is 17.5 Å². The lowest BCUT2D eigenvalue weighted by Crippen LogP contribution is -2.37. The Labute approximate surface area is 175 Å². The number of nitrogens with zero attached hydrogens (tertiary/aromatic N) is 3.